The second-order valence-corrected chi connectivity index (χ2v) is 1.79. The van der Waals surface area contributed by atoms with Crippen LogP contribution in [0.1, 0.15) is 0 Å². The molecule has 5 heteroatoms. The van der Waals surface area contributed by atoms with Crippen molar-refractivity contribution in [2.45, 2.75) is 0 Å². The zero-order valence-electron chi connectivity index (χ0n) is 10.2. The summed E-state index contributed by atoms with van der Waals surface area (Å²) in [6.07, 6.45) is 0. The summed E-state index contributed by atoms with van der Waals surface area (Å²) in [7, 11) is 14.0. The van der Waals surface area contributed by atoms with E-state index >= 15 is 0 Å². The summed E-state index contributed by atoms with van der Waals surface area (Å²) in [4.78, 5) is 0. The van der Waals surface area contributed by atoms with E-state index in [4.69, 9.17) is 0 Å². The molecule has 0 bridgehead atoms. The predicted octanol–water partition coefficient (Wildman–Crippen LogP) is 2.48. The van der Waals surface area contributed by atoms with E-state index in [9.17, 15) is 0 Å². The molecule has 0 aromatic carbocycles. The van der Waals surface area contributed by atoms with Gasteiger partial charge in [0.1, 0.15) is 0 Å². The Morgan fingerprint density at radius 2 is 0.385 bits per heavy atom. The number of rotatable bonds is 0. The molecule has 4 nitrogen and oxygen atoms in total. The van der Waals surface area contributed by atoms with Gasteiger partial charge in [-0.1, -0.05) is 0 Å². The standard InChI is InChI=1S/4C2H6N.Nb/c4*1-3-2;/h4*1-2H3;/q4*-1;. The Hall–Kier alpha value is 0.580. The molecule has 85 valence electrons. The molecule has 0 aliphatic carbocycles. The fourth-order valence-electron chi connectivity index (χ4n) is 0. The van der Waals surface area contributed by atoms with Crippen LogP contribution < -0.4 is 0 Å². The van der Waals surface area contributed by atoms with Crippen LogP contribution in [0.5, 0.6) is 0 Å². The van der Waals surface area contributed by atoms with Gasteiger partial charge in [0.2, 0.25) is 0 Å². The summed E-state index contributed by atoms with van der Waals surface area (Å²) in [5.74, 6) is 0. The topological polar surface area (TPSA) is 56.4 Å². The Morgan fingerprint density at radius 1 is 0.385 bits per heavy atom. The molecule has 0 aliphatic heterocycles. The quantitative estimate of drug-likeness (QED) is 0.607. The van der Waals surface area contributed by atoms with Crippen LogP contribution in [-0.2, 0) is 22.4 Å². The SMILES string of the molecule is C[N-]C.C[N-]C.C[N-]C.C[N-]C.[Nb]. The van der Waals surface area contributed by atoms with Gasteiger partial charge in [-0.15, -0.1) is 0 Å². The molecule has 0 unspecified atom stereocenters. The third kappa shape index (κ3) is 4180. The van der Waals surface area contributed by atoms with Crippen molar-refractivity contribution in [3.05, 3.63) is 21.3 Å². The Morgan fingerprint density at radius 3 is 0.385 bits per heavy atom. The van der Waals surface area contributed by atoms with Gasteiger partial charge in [0.25, 0.3) is 0 Å². The van der Waals surface area contributed by atoms with Gasteiger partial charge in [0.15, 0.2) is 0 Å². The van der Waals surface area contributed by atoms with Crippen molar-refractivity contribution in [2.24, 2.45) is 0 Å². The first-order chi connectivity index (χ1) is 5.66. The van der Waals surface area contributed by atoms with Crippen molar-refractivity contribution in [1.82, 2.24) is 0 Å². The molecule has 0 amide bonds. The van der Waals surface area contributed by atoms with E-state index in [2.05, 4.69) is 21.3 Å². The maximum absolute atomic E-state index is 3.50. The summed E-state index contributed by atoms with van der Waals surface area (Å²) in [6, 6.07) is 0. The van der Waals surface area contributed by atoms with Crippen molar-refractivity contribution >= 4 is 0 Å². The van der Waals surface area contributed by atoms with Gasteiger partial charge < -0.3 is 21.3 Å². The van der Waals surface area contributed by atoms with Gasteiger partial charge in [0.05, 0.1) is 0 Å². The fourth-order valence-corrected chi connectivity index (χ4v) is 0. The van der Waals surface area contributed by atoms with Crippen molar-refractivity contribution in [3.63, 3.8) is 0 Å². The van der Waals surface area contributed by atoms with Crippen LogP contribution in [0, 0.1) is 0 Å². The smallest absolute Gasteiger partial charge is 0 e. The first kappa shape index (κ1) is 29.2. The minimum Gasteiger partial charge on any atom is -0.668 e. The van der Waals surface area contributed by atoms with Crippen LogP contribution in [-0.4, -0.2) is 56.4 Å². The van der Waals surface area contributed by atoms with Gasteiger partial charge in [-0.3, -0.25) is 0 Å². The van der Waals surface area contributed by atoms with Gasteiger partial charge >= 0.3 is 0 Å². The molecule has 0 rings (SSSR count). The summed E-state index contributed by atoms with van der Waals surface area (Å²) in [6.45, 7) is 0. The van der Waals surface area contributed by atoms with E-state index in [-0.39, 0.29) is 22.4 Å². The third-order valence-electron chi connectivity index (χ3n) is 0. The monoisotopic (exact) mass is 269 g/mol. The molecular weight excluding hydrogens is 245 g/mol. The van der Waals surface area contributed by atoms with Crippen LogP contribution in [0.25, 0.3) is 21.3 Å². The molecule has 0 spiro atoms. The first-order valence-electron chi connectivity index (χ1n) is 3.58. The van der Waals surface area contributed by atoms with Gasteiger partial charge in [-0.25, -0.2) is 0 Å². The Labute approximate surface area is 100 Å². The molecule has 0 N–H and O–H groups in total. The van der Waals surface area contributed by atoms with Crippen molar-refractivity contribution in [1.29, 1.82) is 0 Å². The van der Waals surface area contributed by atoms with Crippen LogP contribution in [0.15, 0.2) is 0 Å². The molecule has 0 aliphatic rings. The number of hydrogen-bond acceptors (Lipinski definition) is 0. The first-order valence-corrected chi connectivity index (χ1v) is 3.58. The average Bonchev–Trinajstić information content (AvgIpc) is 1.92. The van der Waals surface area contributed by atoms with E-state index in [0.717, 1.165) is 0 Å². The minimum absolute atomic E-state index is 0. The van der Waals surface area contributed by atoms with E-state index < -0.39 is 0 Å². The molecule has 0 aromatic heterocycles. The van der Waals surface area contributed by atoms with Crippen LogP contribution >= 0.6 is 0 Å². The van der Waals surface area contributed by atoms with Crippen LogP contribution in [0.4, 0.5) is 0 Å². The minimum atomic E-state index is 0. The fraction of sp³-hybridized carbons (Fsp3) is 1.00. The Balaban J connectivity index is -0.0000000213. The van der Waals surface area contributed by atoms with Gasteiger partial charge in [0, 0.05) is 22.4 Å². The van der Waals surface area contributed by atoms with Crippen molar-refractivity contribution < 1.29 is 22.4 Å². The molecule has 0 aromatic rings. The maximum Gasteiger partial charge on any atom is 0 e. The summed E-state index contributed by atoms with van der Waals surface area (Å²) >= 11 is 0. The number of hydrogen-bond donors (Lipinski definition) is 0. The number of nitrogens with zero attached hydrogens (tertiary/aromatic N) is 4. The van der Waals surface area contributed by atoms with Crippen molar-refractivity contribution in [3.8, 4) is 0 Å². The maximum atomic E-state index is 3.50. The molecule has 0 heterocycles. The van der Waals surface area contributed by atoms with E-state index in [1.54, 1.807) is 56.4 Å². The second-order valence-electron chi connectivity index (χ2n) is 1.79. The third-order valence-corrected chi connectivity index (χ3v) is 0. The molecule has 1 radical (unpaired) electrons. The van der Waals surface area contributed by atoms with Crippen LogP contribution in [0.3, 0.4) is 0 Å². The predicted molar refractivity (Wildman–Crippen MR) is 60.8 cm³/mol. The molecule has 13 heavy (non-hydrogen) atoms. The summed E-state index contributed by atoms with van der Waals surface area (Å²) in [5.41, 5.74) is 0. The van der Waals surface area contributed by atoms with Crippen LogP contribution in [0.2, 0.25) is 0 Å². The summed E-state index contributed by atoms with van der Waals surface area (Å²) < 4.78 is 0. The molecule has 0 saturated carbocycles. The van der Waals surface area contributed by atoms with Crippen molar-refractivity contribution in [2.75, 3.05) is 56.4 Å². The zero-order chi connectivity index (χ0) is 10.8. The molecule has 0 saturated heterocycles. The average molecular weight is 269 g/mol. The van der Waals surface area contributed by atoms with E-state index in [0.29, 0.717) is 0 Å². The largest absolute Gasteiger partial charge is 0.668 e. The van der Waals surface area contributed by atoms with Gasteiger partial charge in [-0.05, 0) is 0 Å². The Kier molecular flexibility index (Phi) is 181. The molecule has 0 atom stereocenters. The van der Waals surface area contributed by atoms with E-state index in [1.807, 2.05) is 0 Å². The molecule has 0 fully saturated rings. The Bertz CT molecular complexity index is 24.1. The summed E-state index contributed by atoms with van der Waals surface area (Å²) in [5, 5.41) is 14.0. The normalized spacial score (nSPS) is 5.54. The van der Waals surface area contributed by atoms with E-state index in [1.165, 1.54) is 0 Å². The second kappa shape index (κ2) is 80.4. The molecular formula is C8H24N4Nb-4. The zero-order valence-corrected chi connectivity index (χ0v) is 12.4. The van der Waals surface area contributed by atoms with Gasteiger partial charge in [-0.2, -0.15) is 56.4 Å².